The van der Waals surface area contributed by atoms with Gasteiger partial charge in [0.15, 0.2) is 14.1 Å². The van der Waals surface area contributed by atoms with Crippen molar-refractivity contribution >= 4 is 35.3 Å². The standard InChI is InChI=1S/C18H13N3OS3/c23-18-21(14-9-5-2-6-10-14)20-17(25-18)24-12-16-19-11-15(22-16)13-7-3-1-4-8-13/h1-11H,12H2. The molecule has 7 heteroatoms. The number of aromatic nitrogens is 3. The normalized spacial score (nSPS) is 10.9. The van der Waals surface area contributed by atoms with Gasteiger partial charge in [-0.3, -0.25) is 0 Å². The van der Waals surface area contributed by atoms with E-state index >= 15 is 0 Å². The van der Waals surface area contributed by atoms with Crippen molar-refractivity contribution in [3.05, 3.63) is 76.7 Å². The predicted octanol–water partition coefficient (Wildman–Crippen LogP) is 5.61. The summed E-state index contributed by atoms with van der Waals surface area (Å²) in [7, 11) is 0. The molecule has 25 heavy (non-hydrogen) atoms. The first-order valence-corrected chi connectivity index (χ1v) is 9.79. The van der Waals surface area contributed by atoms with E-state index in [1.54, 1.807) is 22.6 Å². The lowest BCUT2D eigenvalue weighted by atomic mass is 10.2. The van der Waals surface area contributed by atoms with Crippen LogP contribution in [0.1, 0.15) is 5.89 Å². The maximum absolute atomic E-state index is 5.83. The minimum Gasteiger partial charge on any atom is -0.440 e. The molecule has 124 valence electrons. The van der Waals surface area contributed by atoms with Crippen LogP contribution in [-0.4, -0.2) is 14.8 Å². The Kier molecular flexibility index (Phi) is 4.78. The Morgan fingerprint density at radius 1 is 1.04 bits per heavy atom. The number of benzene rings is 2. The molecule has 2 heterocycles. The van der Waals surface area contributed by atoms with Gasteiger partial charge in [-0.2, -0.15) is 0 Å². The largest absolute Gasteiger partial charge is 0.440 e. The van der Waals surface area contributed by atoms with E-state index in [1.165, 1.54) is 11.3 Å². The lowest BCUT2D eigenvalue weighted by Crippen LogP contribution is -1.95. The molecule has 4 nitrogen and oxygen atoms in total. The molecule has 0 saturated carbocycles. The van der Waals surface area contributed by atoms with E-state index in [1.807, 2.05) is 60.7 Å². The molecule has 2 aromatic heterocycles. The Labute approximate surface area is 158 Å². The van der Waals surface area contributed by atoms with Gasteiger partial charge in [0.05, 0.1) is 17.6 Å². The van der Waals surface area contributed by atoms with Crippen molar-refractivity contribution in [2.24, 2.45) is 0 Å². The summed E-state index contributed by atoms with van der Waals surface area (Å²) in [5.41, 5.74) is 1.99. The summed E-state index contributed by atoms with van der Waals surface area (Å²) in [5.74, 6) is 2.07. The van der Waals surface area contributed by atoms with Gasteiger partial charge in [-0.25, -0.2) is 9.67 Å². The lowest BCUT2D eigenvalue weighted by molar-refractivity contribution is 0.530. The third-order valence-electron chi connectivity index (χ3n) is 3.46. The summed E-state index contributed by atoms with van der Waals surface area (Å²) in [6.45, 7) is 0. The molecule has 0 aliphatic rings. The minimum absolute atomic E-state index is 0.615. The van der Waals surface area contributed by atoms with Gasteiger partial charge in [-0.1, -0.05) is 71.6 Å². The molecule has 0 amide bonds. The Hall–Kier alpha value is -2.22. The van der Waals surface area contributed by atoms with E-state index in [9.17, 15) is 0 Å². The first-order chi connectivity index (χ1) is 12.3. The number of hydrogen-bond acceptors (Lipinski definition) is 6. The van der Waals surface area contributed by atoms with Crippen molar-refractivity contribution in [1.82, 2.24) is 14.8 Å². The van der Waals surface area contributed by atoms with Gasteiger partial charge >= 0.3 is 0 Å². The summed E-state index contributed by atoms with van der Waals surface area (Å²) >= 11 is 8.49. The highest BCUT2D eigenvalue weighted by molar-refractivity contribution is 8.00. The van der Waals surface area contributed by atoms with Crippen LogP contribution in [-0.2, 0) is 5.75 Å². The topological polar surface area (TPSA) is 43.9 Å². The molecule has 0 N–H and O–H groups in total. The number of thioether (sulfide) groups is 1. The van der Waals surface area contributed by atoms with E-state index in [-0.39, 0.29) is 0 Å². The molecule has 0 atom stereocenters. The monoisotopic (exact) mass is 383 g/mol. The number of hydrogen-bond donors (Lipinski definition) is 0. The fourth-order valence-corrected chi connectivity index (χ4v) is 4.50. The van der Waals surface area contributed by atoms with E-state index in [0.29, 0.717) is 11.6 Å². The van der Waals surface area contributed by atoms with Gasteiger partial charge in [0.1, 0.15) is 0 Å². The molecule has 4 rings (SSSR count). The molecule has 0 spiro atoms. The van der Waals surface area contributed by atoms with Crippen molar-refractivity contribution in [2.45, 2.75) is 10.1 Å². The highest BCUT2D eigenvalue weighted by Gasteiger charge is 2.10. The summed E-state index contributed by atoms with van der Waals surface area (Å²) < 4.78 is 9.23. The van der Waals surface area contributed by atoms with Crippen molar-refractivity contribution in [3.63, 3.8) is 0 Å². The Balaban J connectivity index is 1.48. The summed E-state index contributed by atoms with van der Waals surface area (Å²) in [6, 6.07) is 19.9. The molecule has 0 bridgehead atoms. The fraction of sp³-hybridized carbons (Fsp3) is 0.0556. The van der Waals surface area contributed by atoms with Crippen molar-refractivity contribution < 1.29 is 4.42 Å². The maximum Gasteiger partial charge on any atom is 0.205 e. The van der Waals surface area contributed by atoms with Gasteiger partial charge in [0, 0.05) is 5.56 Å². The highest BCUT2D eigenvalue weighted by Crippen LogP contribution is 2.28. The van der Waals surface area contributed by atoms with Crippen LogP contribution in [0.25, 0.3) is 17.0 Å². The maximum atomic E-state index is 5.83. The number of nitrogens with zero attached hydrogens (tertiary/aromatic N) is 3. The first-order valence-electron chi connectivity index (χ1n) is 7.58. The van der Waals surface area contributed by atoms with Crippen molar-refractivity contribution in [2.75, 3.05) is 0 Å². The Bertz CT molecular complexity index is 1020. The van der Waals surface area contributed by atoms with Crippen LogP contribution in [0.2, 0.25) is 0 Å². The number of oxazole rings is 1. The van der Waals surface area contributed by atoms with Crippen LogP contribution in [0.3, 0.4) is 0 Å². The molecule has 2 aromatic carbocycles. The van der Waals surface area contributed by atoms with E-state index in [2.05, 4.69) is 10.1 Å². The molecule has 0 saturated heterocycles. The van der Waals surface area contributed by atoms with Gasteiger partial charge in [-0.05, 0) is 24.4 Å². The minimum atomic E-state index is 0.615. The zero-order chi connectivity index (χ0) is 17.1. The average molecular weight is 384 g/mol. The SMILES string of the molecule is S=c1sc(SCc2ncc(-c3ccccc3)o2)nn1-c1ccccc1. The zero-order valence-corrected chi connectivity index (χ0v) is 15.5. The second-order valence-electron chi connectivity index (χ2n) is 5.15. The quantitative estimate of drug-likeness (QED) is 0.331. The molecule has 0 unspecified atom stereocenters. The summed E-state index contributed by atoms with van der Waals surface area (Å²) in [6.07, 6.45) is 1.76. The van der Waals surface area contributed by atoms with Crippen molar-refractivity contribution in [3.8, 4) is 17.0 Å². The second-order valence-corrected chi connectivity index (χ2v) is 8.00. The van der Waals surface area contributed by atoms with Crippen LogP contribution in [0.15, 0.2) is 75.6 Å². The number of rotatable bonds is 5. The Morgan fingerprint density at radius 2 is 1.76 bits per heavy atom. The first kappa shape index (κ1) is 16.3. The average Bonchev–Trinajstić information content (AvgIpc) is 3.28. The van der Waals surface area contributed by atoms with Gasteiger partial charge in [-0.15, -0.1) is 5.10 Å². The third kappa shape index (κ3) is 3.73. The Morgan fingerprint density at radius 3 is 2.52 bits per heavy atom. The van der Waals surface area contributed by atoms with E-state index in [4.69, 9.17) is 16.6 Å². The smallest absolute Gasteiger partial charge is 0.205 e. The molecule has 0 aliphatic heterocycles. The summed E-state index contributed by atoms with van der Waals surface area (Å²) in [5, 5.41) is 4.58. The fourth-order valence-electron chi connectivity index (χ4n) is 2.29. The van der Waals surface area contributed by atoms with Gasteiger partial charge in [0.2, 0.25) is 5.89 Å². The van der Waals surface area contributed by atoms with E-state index in [0.717, 1.165) is 25.3 Å². The molecular formula is C18H13N3OS3. The van der Waals surface area contributed by atoms with Crippen LogP contribution < -0.4 is 0 Å². The van der Waals surface area contributed by atoms with Crippen molar-refractivity contribution in [1.29, 1.82) is 0 Å². The van der Waals surface area contributed by atoms with Crippen LogP contribution in [0.4, 0.5) is 0 Å². The molecule has 0 aliphatic carbocycles. The van der Waals surface area contributed by atoms with Gasteiger partial charge in [0.25, 0.3) is 0 Å². The zero-order valence-electron chi connectivity index (χ0n) is 13.0. The van der Waals surface area contributed by atoms with Gasteiger partial charge < -0.3 is 4.42 Å². The molecule has 4 aromatic rings. The molecule has 0 fully saturated rings. The lowest BCUT2D eigenvalue weighted by Gasteiger charge is -1.98. The third-order valence-corrected chi connectivity index (χ3v) is 5.81. The molecule has 0 radical (unpaired) electrons. The van der Waals surface area contributed by atoms with Crippen LogP contribution >= 0.6 is 35.3 Å². The van der Waals surface area contributed by atoms with E-state index < -0.39 is 0 Å². The highest BCUT2D eigenvalue weighted by atomic mass is 32.2. The predicted molar refractivity (Wildman–Crippen MR) is 104 cm³/mol. The summed E-state index contributed by atoms with van der Waals surface area (Å²) in [4.78, 5) is 4.35. The molecular weight excluding hydrogens is 370 g/mol. The van der Waals surface area contributed by atoms with Crippen LogP contribution in [0.5, 0.6) is 0 Å². The van der Waals surface area contributed by atoms with Crippen LogP contribution in [0, 0.1) is 3.95 Å². The second kappa shape index (κ2) is 7.35. The number of para-hydroxylation sites is 1.